The zero-order chi connectivity index (χ0) is 35.9. The molecule has 4 amide bonds. The molecule has 2 heterocycles. The molecule has 0 aromatic heterocycles. The Morgan fingerprint density at radius 1 is 0.880 bits per heavy atom. The number of aromatic hydroxyl groups is 1. The molecule has 260 valence electrons. The number of ether oxygens (including phenoxy) is 1. The van der Waals surface area contributed by atoms with Gasteiger partial charge in [0.2, 0.25) is 11.8 Å². The SMILES string of the molecule is Cc1ccc(NN2C(=O)[C@@H]3C[C@@H]4C(=CC[C@@H]5C(=O)N(C(C)(C)C)C(=O)[C@@H]54)[C@H](c4cc(OC(F)(F)F)ccc4O)[C@]3(c3ccccc3)C2=O)cc1. The van der Waals surface area contributed by atoms with E-state index in [4.69, 9.17) is 0 Å². The van der Waals surface area contributed by atoms with Gasteiger partial charge in [0.05, 0.1) is 28.9 Å². The van der Waals surface area contributed by atoms with Gasteiger partial charge in [0.15, 0.2) is 0 Å². The van der Waals surface area contributed by atoms with E-state index in [1.807, 2.05) is 19.1 Å². The molecule has 4 aliphatic rings. The Labute approximate surface area is 286 Å². The molecule has 50 heavy (non-hydrogen) atoms. The third kappa shape index (κ3) is 5.06. The Balaban J connectivity index is 1.47. The number of anilines is 1. The first-order chi connectivity index (χ1) is 23.5. The number of rotatable bonds is 5. The van der Waals surface area contributed by atoms with Gasteiger partial charge in [-0.3, -0.25) is 29.5 Å². The summed E-state index contributed by atoms with van der Waals surface area (Å²) < 4.78 is 44.8. The highest BCUT2D eigenvalue weighted by Gasteiger charge is 2.71. The van der Waals surface area contributed by atoms with Crippen LogP contribution in [0.3, 0.4) is 0 Å². The zero-order valence-electron chi connectivity index (χ0n) is 27.8. The summed E-state index contributed by atoms with van der Waals surface area (Å²) in [5.74, 6) is -7.76. The number of carbonyl (C=O) groups is 4. The number of phenolic OH excluding ortho intramolecular Hbond substituents is 1. The monoisotopic (exact) mass is 687 g/mol. The first kappa shape index (κ1) is 33.4. The lowest BCUT2D eigenvalue weighted by Gasteiger charge is -2.50. The maximum Gasteiger partial charge on any atom is 0.573 e. The van der Waals surface area contributed by atoms with Gasteiger partial charge in [0.25, 0.3) is 11.8 Å². The Morgan fingerprint density at radius 3 is 2.20 bits per heavy atom. The number of allylic oxidation sites excluding steroid dienone is 2. The average molecular weight is 688 g/mol. The van der Waals surface area contributed by atoms with Crippen LogP contribution < -0.4 is 10.2 Å². The molecule has 2 aliphatic heterocycles. The van der Waals surface area contributed by atoms with Gasteiger partial charge >= 0.3 is 6.36 Å². The third-order valence-corrected chi connectivity index (χ3v) is 10.6. The molecule has 2 N–H and O–H groups in total. The number of nitrogens with one attached hydrogen (secondary N) is 1. The van der Waals surface area contributed by atoms with Gasteiger partial charge in [0, 0.05) is 17.0 Å². The molecule has 12 heteroatoms. The summed E-state index contributed by atoms with van der Waals surface area (Å²) in [6.07, 6.45) is -3.14. The molecule has 3 aromatic rings. The Bertz CT molecular complexity index is 1940. The summed E-state index contributed by atoms with van der Waals surface area (Å²) in [6.45, 7) is 7.17. The van der Waals surface area contributed by atoms with Crippen molar-refractivity contribution < 1.29 is 42.2 Å². The van der Waals surface area contributed by atoms with Crippen molar-refractivity contribution in [3.05, 3.63) is 101 Å². The number of aryl methyl sites for hydroxylation is 1. The highest BCUT2D eigenvalue weighted by atomic mass is 19.4. The second-order valence-corrected chi connectivity index (χ2v) is 14.5. The molecule has 2 saturated heterocycles. The number of amides is 4. The van der Waals surface area contributed by atoms with Gasteiger partial charge in [-0.1, -0.05) is 59.7 Å². The molecule has 3 aromatic carbocycles. The van der Waals surface area contributed by atoms with Crippen LogP contribution in [0, 0.1) is 30.6 Å². The number of likely N-dealkylation sites (tertiary alicyclic amines) is 1. The van der Waals surface area contributed by atoms with E-state index in [9.17, 15) is 32.7 Å². The van der Waals surface area contributed by atoms with E-state index >= 15 is 4.79 Å². The van der Waals surface area contributed by atoms with Crippen LogP contribution in [0.1, 0.15) is 56.2 Å². The van der Waals surface area contributed by atoms with Crippen molar-refractivity contribution in [3.63, 3.8) is 0 Å². The van der Waals surface area contributed by atoms with Crippen LogP contribution >= 0.6 is 0 Å². The average Bonchev–Trinajstić information content (AvgIpc) is 3.44. The van der Waals surface area contributed by atoms with Crippen LogP contribution in [0.15, 0.2) is 84.4 Å². The minimum absolute atomic E-state index is 0.00551. The number of carbonyl (C=O) groups excluding carboxylic acids is 4. The number of hydrazine groups is 1. The molecule has 3 fully saturated rings. The van der Waals surface area contributed by atoms with E-state index < -0.39 is 76.1 Å². The third-order valence-electron chi connectivity index (χ3n) is 10.6. The van der Waals surface area contributed by atoms with E-state index in [0.29, 0.717) is 16.8 Å². The number of nitrogens with zero attached hydrogens (tertiary/aromatic N) is 2. The molecule has 7 rings (SSSR count). The van der Waals surface area contributed by atoms with Crippen LogP contribution in [0.4, 0.5) is 18.9 Å². The fourth-order valence-electron chi connectivity index (χ4n) is 8.71. The second-order valence-electron chi connectivity index (χ2n) is 14.5. The topological polar surface area (TPSA) is 116 Å². The second kappa shape index (κ2) is 11.5. The van der Waals surface area contributed by atoms with Crippen molar-refractivity contribution in [2.24, 2.45) is 23.7 Å². The summed E-state index contributed by atoms with van der Waals surface area (Å²) in [7, 11) is 0. The molecule has 0 spiro atoms. The normalized spacial score (nSPS) is 27.9. The van der Waals surface area contributed by atoms with Crippen molar-refractivity contribution in [3.8, 4) is 11.5 Å². The standard InChI is InChI=1S/C38H36F3N3O6/c1-20-10-12-22(13-11-20)42-44-33(47)28-19-26-24(15-16-25-30(26)34(48)43(32(25)46)36(2,3)4)31(37(28,35(44)49)21-8-6-5-7-9-21)27-18-23(14-17-29(27)45)50-38(39,40)41/h5-15,17-18,25-26,28,30-31,42,45H,16,19H2,1-4H3/t25-,26+,28-,30-,31+,37+/m0/s1. The lowest BCUT2D eigenvalue weighted by Crippen LogP contribution is -2.53. The van der Waals surface area contributed by atoms with Crippen LogP contribution in [0.5, 0.6) is 11.5 Å². The first-order valence-electron chi connectivity index (χ1n) is 16.5. The van der Waals surface area contributed by atoms with Crippen molar-refractivity contribution in [2.45, 2.75) is 63.8 Å². The summed E-state index contributed by atoms with van der Waals surface area (Å²) in [5.41, 5.74) is 2.61. The molecular weight excluding hydrogens is 651 g/mol. The first-order valence-corrected chi connectivity index (χ1v) is 16.5. The molecular formula is C38H36F3N3O6. The van der Waals surface area contributed by atoms with Gasteiger partial charge in [-0.25, -0.2) is 0 Å². The van der Waals surface area contributed by atoms with Crippen LogP contribution in [0.25, 0.3) is 0 Å². The van der Waals surface area contributed by atoms with E-state index in [0.717, 1.165) is 28.8 Å². The van der Waals surface area contributed by atoms with Crippen molar-refractivity contribution >= 4 is 29.3 Å². The maximum absolute atomic E-state index is 15.1. The summed E-state index contributed by atoms with van der Waals surface area (Å²) in [5, 5.41) is 12.4. The van der Waals surface area contributed by atoms with Gasteiger partial charge < -0.3 is 9.84 Å². The van der Waals surface area contributed by atoms with Crippen LogP contribution in [-0.2, 0) is 24.6 Å². The zero-order valence-corrected chi connectivity index (χ0v) is 27.8. The number of fused-ring (bicyclic) bond motifs is 4. The highest BCUT2D eigenvalue weighted by Crippen LogP contribution is 2.65. The summed E-state index contributed by atoms with van der Waals surface area (Å²) in [6, 6.07) is 18.6. The Hall–Kier alpha value is -5.13. The van der Waals surface area contributed by atoms with E-state index in [1.165, 1.54) is 4.90 Å². The minimum Gasteiger partial charge on any atom is -0.508 e. The van der Waals surface area contributed by atoms with Crippen molar-refractivity contribution in [1.29, 1.82) is 0 Å². The van der Waals surface area contributed by atoms with Crippen molar-refractivity contribution in [1.82, 2.24) is 9.91 Å². The number of benzene rings is 3. The lowest BCUT2D eigenvalue weighted by atomic mass is 9.49. The largest absolute Gasteiger partial charge is 0.573 e. The molecule has 0 bridgehead atoms. The van der Waals surface area contributed by atoms with E-state index in [1.54, 1.807) is 69.3 Å². The van der Waals surface area contributed by atoms with Gasteiger partial charge in [0.1, 0.15) is 11.5 Å². The predicted octanol–water partition coefficient (Wildman–Crippen LogP) is 6.38. The quantitative estimate of drug-likeness (QED) is 0.236. The summed E-state index contributed by atoms with van der Waals surface area (Å²) >= 11 is 0. The number of hydrogen-bond donors (Lipinski definition) is 2. The fraction of sp³-hybridized carbons (Fsp3) is 0.368. The molecule has 9 nitrogen and oxygen atoms in total. The van der Waals surface area contributed by atoms with E-state index in [-0.39, 0.29) is 24.3 Å². The smallest absolute Gasteiger partial charge is 0.508 e. The predicted molar refractivity (Wildman–Crippen MR) is 175 cm³/mol. The van der Waals surface area contributed by atoms with Gasteiger partial charge in [-0.05, 0) is 82.3 Å². The number of halogens is 3. The number of phenols is 1. The van der Waals surface area contributed by atoms with Crippen molar-refractivity contribution in [2.75, 3.05) is 5.43 Å². The number of hydrogen-bond acceptors (Lipinski definition) is 7. The van der Waals surface area contributed by atoms with Gasteiger partial charge in [-0.15, -0.1) is 13.2 Å². The summed E-state index contributed by atoms with van der Waals surface area (Å²) in [4.78, 5) is 59.0. The minimum atomic E-state index is -5.05. The van der Waals surface area contributed by atoms with Crippen LogP contribution in [0.2, 0.25) is 0 Å². The Kier molecular flexibility index (Phi) is 7.65. The lowest BCUT2D eigenvalue weighted by molar-refractivity contribution is -0.274. The van der Waals surface area contributed by atoms with Crippen LogP contribution in [-0.4, -0.2) is 50.5 Å². The molecule has 2 aliphatic carbocycles. The number of alkyl halides is 3. The molecule has 0 radical (unpaired) electrons. The molecule has 0 unspecified atom stereocenters. The fourth-order valence-corrected chi connectivity index (χ4v) is 8.71. The maximum atomic E-state index is 15.1. The molecule has 6 atom stereocenters. The van der Waals surface area contributed by atoms with E-state index in [2.05, 4.69) is 10.2 Å². The van der Waals surface area contributed by atoms with Gasteiger partial charge in [-0.2, -0.15) is 5.01 Å². The highest BCUT2D eigenvalue weighted by molar-refractivity contribution is 6.13. The number of imide groups is 2. The molecule has 1 saturated carbocycles. The Morgan fingerprint density at radius 2 is 1.56 bits per heavy atom.